The zero-order valence-corrected chi connectivity index (χ0v) is 15.3. The Kier molecular flexibility index (Phi) is 6.17. The van der Waals surface area contributed by atoms with E-state index in [0.717, 1.165) is 0 Å². The van der Waals surface area contributed by atoms with Gasteiger partial charge in [0.1, 0.15) is 6.04 Å². The molecule has 1 aliphatic carbocycles. The van der Waals surface area contributed by atoms with Crippen LogP contribution in [0.1, 0.15) is 18.4 Å². The van der Waals surface area contributed by atoms with Gasteiger partial charge in [0.15, 0.2) is 0 Å². The number of hydrogen-bond donors (Lipinski definition) is 2. The molecule has 1 fully saturated rings. The molecule has 0 heterocycles. The molecule has 3 atom stereocenters. The van der Waals surface area contributed by atoms with Crippen LogP contribution >= 0.6 is 0 Å². The number of urea groups is 1. The lowest BCUT2D eigenvalue weighted by molar-refractivity contribution is -0.131. The summed E-state index contributed by atoms with van der Waals surface area (Å²) in [5.74, 6) is -4.44. The number of carbonyl (C=O) groups is 2. The summed E-state index contributed by atoms with van der Waals surface area (Å²) in [6.07, 6.45) is 0. The number of rotatable bonds is 8. The van der Waals surface area contributed by atoms with E-state index in [1.807, 2.05) is 6.07 Å². The third-order valence-electron chi connectivity index (χ3n) is 4.79. The minimum absolute atomic E-state index is 0.254. The Morgan fingerprint density at radius 1 is 1.23 bits per heavy atom. The Hall–Kier alpha value is -2.22. The predicted molar refractivity (Wildman–Crippen MR) is 94.9 cm³/mol. The Balaban J connectivity index is 1.81. The molecule has 1 aliphatic rings. The molecule has 0 aliphatic heterocycles. The molecule has 1 saturated carbocycles. The van der Waals surface area contributed by atoms with Gasteiger partial charge in [0.05, 0.1) is 5.92 Å². The van der Waals surface area contributed by atoms with Crippen LogP contribution in [-0.4, -0.2) is 67.4 Å². The van der Waals surface area contributed by atoms with E-state index in [9.17, 15) is 18.4 Å². The fourth-order valence-electron chi connectivity index (χ4n) is 3.20. The maximum Gasteiger partial charge on any atom is 0.312 e. The van der Waals surface area contributed by atoms with Gasteiger partial charge in [-0.1, -0.05) is 30.3 Å². The lowest BCUT2D eigenvalue weighted by Gasteiger charge is -2.24. The molecule has 0 saturated heterocycles. The number of carbonyl (C=O) groups excluding carboxylic acids is 2. The summed E-state index contributed by atoms with van der Waals surface area (Å²) >= 11 is 0. The van der Waals surface area contributed by atoms with Crippen LogP contribution in [0, 0.1) is 5.92 Å². The van der Waals surface area contributed by atoms with Gasteiger partial charge in [0, 0.05) is 32.6 Å². The van der Waals surface area contributed by atoms with Crippen molar-refractivity contribution in [2.24, 2.45) is 11.7 Å². The van der Waals surface area contributed by atoms with Gasteiger partial charge in [-0.15, -0.1) is 0 Å². The van der Waals surface area contributed by atoms with E-state index in [-0.39, 0.29) is 12.5 Å². The number of amides is 3. The molecule has 144 valence electrons. The second-order valence-corrected chi connectivity index (χ2v) is 6.92. The Morgan fingerprint density at radius 3 is 2.42 bits per heavy atom. The molecule has 2 rings (SSSR count). The van der Waals surface area contributed by atoms with Crippen molar-refractivity contribution in [1.29, 1.82) is 0 Å². The van der Waals surface area contributed by atoms with Crippen LogP contribution in [0.3, 0.4) is 0 Å². The highest BCUT2D eigenvalue weighted by molar-refractivity contribution is 5.86. The van der Waals surface area contributed by atoms with Crippen molar-refractivity contribution in [3.63, 3.8) is 0 Å². The summed E-state index contributed by atoms with van der Waals surface area (Å²) in [6.45, 7) is 2.63. The molecular formula is C18H26F2N4O2. The average molecular weight is 368 g/mol. The van der Waals surface area contributed by atoms with Crippen LogP contribution in [0.5, 0.6) is 0 Å². The number of hydrogen-bond acceptors (Lipinski definition) is 3. The third-order valence-corrected chi connectivity index (χ3v) is 4.79. The average Bonchev–Trinajstić information content (AvgIpc) is 3.12. The number of nitrogens with zero attached hydrogens (tertiary/aromatic N) is 2. The van der Waals surface area contributed by atoms with Gasteiger partial charge in [0.25, 0.3) is 5.92 Å². The zero-order valence-electron chi connectivity index (χ0n) is 15.3. The van der Waals surface area contributed by atoms with Crippen LogP contribution in [0.2, 0.25) is 0 Å². The smallest absolute Gasteiger partial charge is 0.312 e. The van der Waals surface area contributed by atoms with Crippen LogP contribution in [0.15, 0.2) is 30.3 Å². The monoisotopic (exact) mass is 368 g/mol. The summed E-state index contributed by atoms with van der Waals surface area (Å²) < 4.78 is 28.2. The Bertz CT molecular complexity index is 641. The summed E-state index contributed by atoms with van der Waals surface area (Å²) in [5, 5.41) is 2.32. The molecule has 0 unspecified atom stereocenters. The second kappa shape index (κ2) is 7.99. The number of benzene rings is 1. The standard InChI is InChI=1S/C18H26F2N4O2/c1-12(22-17(21)26)16(25)24(3)10-9-23(2)11-14-15(18(14,19)20)13-7-5-4-6-8-13/h4-8,12,14-15H,9-11H2,1-3H3,(H3,21,22,26)/t12-,14+,15+/m0/s1. The molecule has 1 aromatic rings. The minimum Gasteiger partial charge on any atom is -0.352 e. The topological polar surface area (TPSA) is 78.7 Å². The Labute approximate surface area is 152 Å². The van der Waals surface area contributed by atoms with Crippen molar-refractivity contribution in [3.8, 4) is 0 Å². The lowest BCUT2D eigenvalue weighted by atomic mass is 10.1. The molecule has 6 nitrogen and oxygen atoms in total. The zero-order chi connectivity index (χ0) is 19.5. The van der Waals surface area contributed by atoms with Gasteiger partial charge in [-0.3, -0.25) is 4.79 Å². The molecule has 1 aromatic carbocycles. The molecule has 0 spiro atoms. The van der Waals surface area contributed by atoms with Gasteiger partial charge in [-0.2, -0.15) is 0 Å². The van der Waals surface area contributed by atoms with Gasteiger partial charge in [-0.05, 0) is 19.5 Å². The van der Waals surface area contributed by atoms with E-state index in [1.165, 1.54) is 4.90 Å². The molecule has 8 heteroatoms. The minimum atomic E-state index is -2.70. The SMILES string of the molecule is C[C@H](NC(N)=O)C(=O)N(C)CCN(C)C[C@@H]1[C@@H](c2ccccc2)C1(F)F. The number of primary amides is 1. The predicted octanol–water partition coefficient (Wildman–Crippen LogP) is 1.48. The first-order chi connectivity index (χ1) is 12.1. The first kappa shape index (κ1) is 20.1. The van der Waals surface area contributed by atoms with E-state index in [0.29, 0.717) is 18.7 Å². The van der Waals surface area contributed by atoms with Crippen molar-refractivity contribution in [3.05, 3.63) is 35.9 Å². The van der Waals surface area contributed by atoms with Crippen LogP contribution in [0.4, 0.5) is 13.6 Å². The number of likely N-dealkylation sites (N-methyl/N-ethyl adjacent to an activating group) is 2. The van der Waals surface area contributed by atoms with Crippen molar-refractivity contribution in [2.45, 2.75) is 24.8 Å². The molecule has 0 bridgehead atoms. The van der Waals surface area contributed by atoms with Crippen molar-refractivity contribution in [2.75, 3.05) is 33.7 Å². The van der Waals surface area contributed by atoms with Gasteiger partial charge in [-0.25, -0.2) is 13.6 Å². The van der Waals surface area contributed by atoms with E-state index in [2.05, 4.69) is 5.32 Å². The van der Waals surface area contributed by atoms with Crippen LogP contribution < -0.4 is 11.1 Å². The molecular weight excluding hydrogens is 342 g/mol. The van der Waals surface area contributed by atoms with Crippen LogP contribution in [-0.2, 0) is 4.79 Å². The quantitative estimate of drug-likeness (QED) is 0.730. The molecule has 0 radical (unpaired) electrons. The number of alkyl halides is 2. The highest BCUT2D eigenvalue weighted by atomic mass is 19.3. The maximum atomic E-state index is 14.1. The highest BCUT2D eigenvalue weighted by Gasteiger charge is 2.68. The summed E-state index contributed by atoms with van der Waals surface area (Å²) in [5.41, 5.74) is 5.66. The van der Waals surface area contributed by atoms with E-state index < -0.39 is 29.8 Å². The van der Waals surface area contributed by atoms with Crippen LogP contribution in [0.25, 0.3) is 0 Å². The number of nitrogens with two attached hydrogens (primary N) is 1. The van der Waals surface area contributed by atoms with Gasteiger partial charge < -0.3 is 20.9 Å². The molecule has 3 N–H and O–H groups in total. The number of nitrogens with one attached hydrogen (secondary N) is 1. The summed E-state index contributed by atoms with van der Waals surface area (Å²) in [4.78, 5) is 26.1. The maximum absolute atomic E-state index is 14.1. The normalized spacial score (nSPS) is 21.9. The summed E-state index contributed by atoms with van der Waals surface area (Å²) in [7, 11) is 3.37. The van der Waals surface area contributed by atoms with Crippen molar-refractivity contribution in [1.82, 2.24) is 15.1 Å². The largest absolute Gasteiger partial charge is 0.352 e. The number of halogens is 2. The fraction of sp³-hybridized carbons (Fsp3) is 0.556. The van der Waals surface area contributed by atoms with E-state index in [1.54, 1.807) is 50.2 Å². The molecule has 3 amide bonds. The fourth-order valence-corrected chi connectivity index (χ4v) is 3.20. The highest BCUT2D eigenvalue weighted by Crippen LogP contribution is 2.61. The lowest BCUT2D eigenvalue weighted by Crippen LogP contribution is -2.48. The first-order valence-corrected chi connectivity index (χ1v) is 8.56. The molecule has 26 heavy (non-hydrogen) atoms. The van der Waals surface area contributed by atoms with E-state index >= 15 is 0 Å². The third kappa shape index (κ3) is 4.69. The second-order valence-electron chi connectivity index (χ2n) is 6.92. The summed E-state index contributed by atoms with van der Waals surface area (Å²) in [6, 6.07) is 7.33. The molecule has 0 aromatic heterocycles. The van der Waals surface area contributed by atoms with Crippen molar-refractivity contribution < 1.29 is 18.4 Å². The Morgan fingerprint density at radius 2 is 1.85 bits per heavy atom. The van der Waals surface area contributed by atoms with Gasteiger partial charge >= 0.3 is 6.03 Å². The van der Waals surface area contributed by atoms with Crippen molar-refractivity contribution >= 4 is 11.9 Å². The first-order valence-electron chi connectivity index (χ1n) is 8.56. The van der Waals surface area contributed by atoms with Gasteiger partial charge in [0.2, 0.25) is 5.91 Å². The van der Waals surface area contributed by atoms with E-state index in [4.69, 9.17) is 5.73 Å².